The molecule has 0 aromatic heterocycles. The Morgan fingerprint density at radius 3 is 1.83 bits per heavy atom. The summed E-state index contributed by atoms with van der Waals surface area (Å²) in [5.41, 5.74) is 14.4. The Bertz CT molecular complexity index is 769. The summed E-state index contributed by atoms with van der Waals surface area (Å²) in [5.74, 6) is 0. The highest BCUT2D eigenvalue weighted by molar-refractivity contribution is 5.80. The Balaban J connectivity index is 0.000000346. The predicted molar refractivity (Wildman–Crippen MR) is 122 cm³/mol. The smallest absolute Gasteiger partial charge is 0.416 e. The van der Waals surface area contributed by atoms with Gasteiger partial charge in [0, 0.05) is 17.9 Å². The second kappa shape index (κ2) is 12.5. The van der Waals surface area contributed by atoms with Crippen molar-refractivity contribution in [1.82, 2.24) is 10.2 Å². The van der Waals surface area contributed by atoms with Gasteiger partial charge in [0.15, 0.2) is 0 Å². The number of carbonyl (C=O) groups excluding carboxylic acids is 2. The zero-order chi connectivity index (χ0) is 22.6. The molecule has 0 atom stereocenters. The first-order valence-corrected chi connectivity index (χ1v) is 9.93. The molecule has 30 heavy (non-hydrogen) atoms. The van der Waals surface area contributed by atoms with E-state index >= 15 is 0 Å². The van der Waals surface area contributed by atoms with E-state index in [1.165, 1.54) is 5.56 Å². The van der Waals surface area contributed by atoms with E-state index < -0.39 is 11.7 Å². The van der Waals surface area contributed by atoms with Gasteiger partial charge in [0.2, 0.25) is 6.41 Å². The molecule has 0 aliphatic carbocycles. The van der Waals surface area contributed by atoms with Crippen molar-refractivity contribution in [3.63, 3.8) is 0 Å². The molecule has 2 aromatic rings. The number of hydrogen-bond donors (Lipinski definition) is 3. The largest absolute Gasteiger partial charge is 0.443 e. The lowest BCUT2D eigenvalue weighted by atomic mass is 10.1. The van der Waals surface area contributed by atoms with Gasteiger partial charge in [-0.3, -0.25) is 4.79 Å². The van der Waals surface area contributed by atoms with Gasteiger partial charge >= 0.3 is 6.09 Å². The SMILES string of the molecule is CC(C)(C)OC(=O)N(C=O)CCc1ccc(N)cc1.CNCCc1ccc(N)cc1. The van der Waals surface area contributed by atoms with Crippen LogP contribution in [0.15, 0.2) is 48.5 Å². The summed E-state index contributed by atoms with van der Waals surface area (Å²) in [4.78, 5) is 23.7. The van der Waals surface area contributed by atoms with Crippen LogP contribution in [0.3, 0.4) is 0 Å². The molecule has 0 heterocycles. The molecule has 0 aliphatic heterocycles. The topological polar surface area (TPSA) is 111 Å². The van der Waals surface area contributed by atoms with E-state index in [0.717, 1.165) is 29.1 Å². The number of likely N-dealkylation sites (N-methyl/N-ethyl adjacent to an activating group) is 1. The van der Waals surface area contributed by atoms with Gasteiger partial charge in [0.1, 0.15) is 5.60 Å². The fourth-order valence-electron chi connectivity index (χ4n) is 2.40. The quantitative estimate of drug-likeness (QED) is 0.474. The molecule has 7 heteroatoms. The lowest BCUT2D eigenvalue weighted by Gasteiger charge is -2.23. The number of hydrogen-bond acceptors (Lipinski definition) is 6. The molecule has 0 spiro atoms. The van der Waals surface area contributed by atoms with Crippen molar-refractivity contribution in [2.75, 3.05) is 31.6 Å². The number of nitrogens with one attached hydrogen (secondary N) is 1. The highest BCUT2D eigenvalue weighted by atomic mass is 16.6. The number of nitrogen functional groups attached to an aromatic ring is 2. The third-order valence-electron chi connectivity index (χ3n) is 4.02. The van der Waals surface area contributed by atoms with E-state index in [9.17, 15) is 9.59 Å². The minimum Gasteiger partial charge on any atom is -0.443 e. The monoisotopic (exact) mass is 414 g/mol. The number of amides is 2. The molecule has 0 fully saturated rings. The Labute approximate surface area is 179 Å². The summed E-state index contributed by atoms with van der Waals surface area (Å²) < 4.78 is 5.13. The molecular weight excluding hydrogens is 380 g/mol. The van der Waals surface area contributed by atoms with E-state index in [4.69, 9.17) is 16.2 Å². The standard InChI is InChI=1S/C14H20N2O3.C9H14N2/c1-14(2,3)19-13(18)16(10-17)9-8-11-4-6-12(15)7-5-11;1-11-7-6-8-2-4-9(10)5-3-8/h4-7,10H,8-9,15H2,1-3H3;2-5,11H,6-7,10H2,1H3. The molecule has 2 rings (SSSR count). The van der Waals surface area contributed by atoms with E-state index in [-0.39, 0.29) is 6.54 Å². The van der Waals surface area contributed by atoms with Crippen molar-refractivity contribution in [2.45, 2.75) is 39.2 Å². The lowest BCUT2D eigenvalue weighted by molar-refractivity contribution is -0.117. The van der Waals surface area contributed by atoms with Gasteiger partial charge in [0.25, 0.3) is 0 Å². The molecule has 2 amide bonds. The van der Waals surface area contributed by atoms with Crippen molar-refractivity contribution in [3.05, 3.63) is 59.7 Å². The Morgan fingerprint density at radius 1 is 0.967 bits per heavy atom. The summed E-state index contributed by atoms with van der Waals surface area (Å²) >= 11 is 0. The van der Waals surface area contributed by atoms with Crippen molar-refractivity contribution in [3.8, 4) is 0 Å². The van der Waals surface area contributed by atoms with Gasteiger partial charge in [-0.2, -0.15) is 0 Å². The Hall–Kier alpha value is -3.06. The maximum absolute atomic E-state index is 11.7. The summed E-state index contributed by atoms with van der Waals surface area (Å²) in [6.45, 7) is 6.57. The summed E-state index contributed by atoms with van der Waals surface area (Å²) in [6.07, 6.45) is 1.50. The fraction of sp³-hybridized carbons (Fsp3) is 0.391. The van der Waals surface area contributed by atoms with E-state index in [1.807, 2.05) is 31.3 Å². The van der Waals surface area contributed by atoms with Gasteiger partial charge < -0.3 is 21.5 Å². The number of benzene rings is 2. The van der Waals surface area contributed by atoms with Crippen LogP contribution >= 0.6 is 0 Å². The minimum absolute atomic E-state index is 0.280. The van der Waals surface area contributed by atoms with Crippen molar-refractivity contribution in [2.24, 2.45) is 0 Å². The number of rotatable bonds is 7. The number of nitrogens with zero attached hydrogens (tertiary/aromatic N) is 1. The van der Waals surface area contributed by atoms with Gasteiger partial charge in [-0.15, -0.1) is 0 Å². The van der Waals surface area contributed by atoms with Gasteiger partial charge in [-0.1, -0.05) is 24.3 Å². The van der Waals surface area contributed by atoms with Crippen molar-refractivity contribution < 1.29 is 14.3 Å². The third-order valence-corrected chi connectivity index (χ3v) is 4.02. The van der Waals surface area contributed by atoms with Crippen LogP contribution in [0.1, 0.15) is 31.9 Å². The normalized spacial score (nSPS) is 10.5. The number of ether oxygens (including phenoxy) is 1. The molecule has 164 valence electrons. The first-order valence-electron chi connectivity index (χ1n) is 9.93. The van der Waals surface area contributed by atoms with Crippen LogP contribution < -0.4 is 16.8 Å². The maximum atomic E-state index is 11.7. The molecule has 2 aromatic carbocycles. The average molecular weight is 415 g/mol. The van der Waals surface area contributed by atoms with Crippen LogP contribution in [0.4, 0.5) is 16.2 Å². The van der Waals surface area contributed by atoms with Crippen LogP contribution in [0.25, 0.3) is 0 Å². The van der Waals surface area contributed by atoms with Crippen molar-refractivity contribution >= 4 is 23.9 Å². The highest BCUT2D eigenvalue weighted by Crippen LogP contribution is 2.11. The van der Waals surface area contributed by atoms with E-state index in [1.54, 1.807) is 32.9 Å². The Kier molecular flexibility index (Phi) is 10.4. The second-order valence-electron chi connectivity index (χ2n) is 7.87. The summed E-state index contributed by atoms with van der Waals surface area (Å²) in [5, 5.41) is 3.10. The van der Waals surface area contributed by atoms with Crippen LogP contribution in [0, 0.1) is 0 Å². The zero-order valence-corrected chi connectivity index (χ0v) is 18.4. The number of anilines is 2. The van der Waals surface area contributed by atoms with E-state index in [2.05, 4.69) is 17.4 Å². The molecule has 0 aliphatic rings. The Morgan fingerprint density at radius 2 is 1.43 bits per heavy atom. The molecule has 0 saturated carbocycles. The number of carbonyl (C=O) groups is 2. The number of nitrogens with two attached hydrogens (primary N) is 2. The van der Waals surface area contributed by atoms with Gasteiger partial charge in [-0.05, 0) is 82.6 Å². The molecule has 0 bridgehead atoms. The molecular formula is C23H34N4O3. The predicted octanol–water partition coefficient (Wildman–Crippen LogP) is 3.24. The summed E-state index contributed by atoms with van der Waals surface area (Å²) in [7, 11) is 1.96. The van der Waals surface area contributed by atoms with Crippen LogP contribution in [-0.2, 0) is 22.4 Å². The molecule has 5 N–H and O–H groups in total. The van der Waals surface area contributed by atoms with Gasteiger partial charge in [-0.25, -0.2) is 9.69 Å². The lowest BCUT2D eigenvalue weighted by Crippen LogP contribution is -2.37. The average Bonchev–Trinajstić information content (AvgIpc) is 2.68. The van der Waals surface area contributed by atoms with Crippen LogP contribution in [0.2, 0.25) is 0 Å². The first kappa shape index (κ1) is 25.0. The molecule has 0 saturated heterocycles. The van der Waals surface area contributed by atoms with E-state index in [0.29, 0.717) is 18.5 Å². The third kappa shape index (κ3) is 10.5. The van der Waals surface area contributed by atoms with Gasteiger partial charge in [0.05, 0.1) is 0 Å². The molecule has 0 radical (unpaired) electrons. The minimum atomic E-state index is -0.627. The number of imide groups is 1. The fourth-order valence-corrected chi connectivity index (χ4v) is 2.40. The zero-order valence-electron chi connectivity index (χ0n) is 18.4. The van der Waals surface area contributed by atoms with Crippen LogP contribution in [0.5, 0.6) is 0 Å². The first-order chi connectivity index (χ1) is 14.1. The molecule has 7 nitrogen and oxygen atoms in total. The second-order valence-corrected chi connectivity index (χ2v) is 7.87. The summed E-state index contributed by atoms with van der Waals surface area (Å²) in [6, 6.07) is 15.3. The highest BCUT2D eigenvalue weighted by Gasteiger charge is 2.21. The molecule has 0 unspecified atom stereocenters. The van der Waals surface area contributed by atoms with Crippen molar-refractivity contribution in [1.29, 1.82) is 0 Å². The maximum Gasteiger partial charge on any atom is 0.416 e. The van der Waals surface area contributed by atoms with Crippen LogP contribution in [-0.4, -0.2) is 43.1 Å².